The van der Waals surface area contributed by atoms with Gasteiger partial charge in [-0.2, -0.15) is 0 Å². The molecule has 0 spiro atoms. The van der Waals surface area contributed by atoms with Crippen molar-refractivity contribution in [1.82, 2.24) is 9.78 Å². The Morgan fingerprint density at radius 1 is 0.938 bits per heavy atom. The van der Waals surface area contributed by atoms with E-state index in [4.69, 9.17) is 0 Å². The van der Waals surface area contributed by atoms with E-state index in [0.29, 0.717) is 11.4 Å². The molecule has 0 saturated carbocycles. The van der Waals surface area contributed by atoms with Gasteiger partial charge in [0.1, 0.15) is 5.84 Å². The summed E-state index contributed by atoms with van der Waals surface area (Å²) in [4.78, 5) is 22.8. The first kappa shape index (κ1) is 21.2. The molecule has 1 N–H and O–H groups in total. The minimum atomic E-state index is -0.178. The van der Waals surface area contributed by atoms with E-state index in [0.717, 1.165) is 28.1 Å². The zero-order valence-electron chi connectivity index (χ0n) is 18.5. The van der Waals surface area contributed by atoms with Crippen LogP contribution in [0, 0.1) is 6.92 Å². The van der Waals surface area contributed by atoms with Gasteiger partial charge in [-0.15, -0.1) is 0 Å². The lowest BCUT2D eigenvalue weighted by molar-refractivity contribution is 0.825. The van der Waals surface area contributed by atoms with Crippen LogP contribution in [0.25, 0.3) is 11.3 Å². The highest BCUT2D eigenvalue weighted by atomic mass is 16.1. The van der Waals surface area contributed by atoms with Crippen molar-refractivity contribution in [2.75, 3.05) is 0 Å². The summed E-state index contributed by atoms with van der Waals surface area (Å²) in [5.41, 5.74) is 4.95. The van der Waals surface area contributed by atoms with E-state index in [-0.39, 0.29) is 11.6 Å². The Hall–Kier alpha value is -3.99. The number of H-pyrrole nitrogens is 1. The molecule has 4 rings (SSSR count). The molecule has 0 aliphatic carbocycles. The van der Waals surface area contributed by atoms with Crippen LogP contribution >= 0.6 is 0 Å². The van der Waals surface area contributed by atoms with Gasteiger partial charge in [0.25, 0.3) is 5.56 Å². The average molecular weight is 423 g/mol. The molecule has 5 heteroatoms. The van der Waals surface area contributed by atoms with E-state index in [9.17, 15) is 4.79 Å². The van der Waals surface area contributed by atoms with Gasteiger partial charge in [0, 0.05) is 11.8 Å². The molecule has 1 aromatic heterocycles. The van der Waals surface area contributed by atoms with E-state index in [1.54, 1.807) is 6.21 Å². The van der Waals surface area contributed by atoms with Crippen molar-refractivity contribution in [3.05, 3.63) is 112 Å². The number of aromatic amines is 1. The van der Waals surface area contributed by atoms with Crippen LogP contribution in [0.5, 0.6) is 0 Å². The van der Waals surface area contributed by atoms with Crippen LogP contribution in [0.1, 0.15) is 36.6 Å². The summed E-state index contributed by atoms with van der Waals surface area (Å²) in [6.45, 7) is 5.85. The summed E-state index contributed by atoms with van der Waals surface area (Å²) in [5, 5.41) is 3.25. The van der Waals surface area contributed by atoms with Crippen molar-refractivity contribution in [2.24, 2.45) is 9.98 Å². The van der Waals surface area contributed by atoms with Gasteiger partial charge in [-0.1, -0.05) is 78.9 Å². The van der Waals surface area contributed by atoms with Gasteiger partial charge < -0.3 is 0 Å². The Labute approximate surface area is 187 Å². The summed E-state index contributed by atoms with van der Waals surface area (Å²) in [7, 11) is 0. The van der Waals surface area contributed by atoms with Crippen molar-refractivity contribution in [2.45, 2.75) is 26.8 Å². The molecule has 1 heterocycles. The number of rotatable bonds is 5. The van der Waals surface area contributed by atoms with Crippen LogP contribution in [0.15, 0.2) is 99.7 Å². The quantitative estimate of drug-likeness (QED) is 0.314. The number of hydrogen-bond donors (Lipinski definition) is 1. The topological polar surface area (TPSA) is 62.5 Å². The zero-order chi connectivity index (χ0) is 22.5. The largest absolute Gasteiger partial charge is 0.288 e. The summed E-state index contributed by atoms with van der Waals surface area (Å²) < 4.78 is 1.49. The van der Waals surface area contributed by atoms with Crippen LogP contribution in [0.3, 0.4) is 0 Å². The molecule has 0 amide bonds. The lowest BCUT2D eigenvalue weighted by atomic mass is 10.1. The molecule has 0 saturated heterocycles. The lowest BCUT2D eigenvalue weighted by Gasteiger charge is -2.05. The Kier molecular flexibility index (Phi) is 6.26. The minimum Gasteiger partial charge on any atom is -0.288 e. The maximum absolute atomic E-state index is 13.4. The molecule has 4 aromatic rings. The third kappa shape index (κ3) is 4.52. The second-order valence-electron chi connectivity index (χ2n) is 7.72. The molecule has 0 radical (unpaired) electrons. The number of nitrogens with zero attached hydrogens (tertiary/aromatic N) is 3. The first-order valence-corrected chi connectivity index (χ1v) is 10.6. The van der Waals surface area contributed by atoms with Crippen LogP contribution in [-0.2, 0) is 0 Å². The number of para-hydroxylation sites is 1. The first-order valence-electron chi connectivity index (χ1n) is 10.6. The minimum absolute atomic E-state index is 0.0655. The Morgan fingerprint density at radius 2 is 1.56 bits per heavy atom. The van der Waals surface area contributed by atoms with E-state index in [2.05, 4.69) is 15.1 Å². The monoisotopic (exact) mass is 422 g/mol. The fourth-order valence-corrected chi connectivity index (χ4v) is 3.54. The second kappa shape index (κ2) is 9.43. The molecule has 0 aliphatic heterocycles. The third-order valence-electron chi connectivity index (χ3n) is 5.42. The van der Waals surface area contributed by atoms with Crippen molar-refractivity contribution in [3.8, 4) is 11.3 Å². The predicted octanol–water partition coefficient (Wildman–Crippen LogP) is 5.93. The summed E-state index contributed by atoms with van der Waals surface area (Å²) in [6, 6.07) is 27.6. The normalized spacial score (nSPS) is 12.9. The van der Waals surface area contributed by atoms with Gasteiger partial charge in [-0.3, -0.25) is 14.9 Å². The smallest absolute Gasteiger partial charge is 0.281 e. The maximum atomic E-state index is 13.4. The van der Waals surface area contributed by atoms with Gasteiger partial charge in [-0.05, 0) is 38.0 Å². The molecule has 0 bridgehead atoms. The predicted molar refractivity (Wildman–Crippen MR) is 132 cm³/mol. The summed E-state index contributed by atoms with van der Waals surface area (Å²) >= 11 is 0. The number of aryl methyl sites for hydroxylation is 1. The molecule has 1 atom stereocenters. The molecule has 32 heavy (non-hydrogen) atoms. The highest BCUT2D eigenvalue weighted by Crippen LogP contribution is 2.21. The molecule has 1 unspecified atom stereocenters. The zero-order valence-corrected chi connectivity index (χ0v) is 18.5. The average Bonchev–Trinajstić information content (AvgIpc) is 3.16. The van der Waals surface area contributed by atoms with Crippen molar-refractivity contribution in [3.63, 3.8) is 0 Å². The van der Waals surface area contributed by atoms with Crippen molar-refractivity contribution in [1.29, 1.82) is 0 Å². The fourth-order valence-electron chi connectivity index (χ4n) is 3.54. The van der Waals surface area contributed by atoms with Gasteiger partial charge in [0.2, 0.25) is 0 Å². The highest BCUT2D eigenvalue weighted by molar-refractivity contribution is 5.92. The summed E-state index contributed by atoms with van der Waals surface area (Å²) in [6.07, 6.45) is 1.68. The van der Waals surface area contributed by atoms with Gasteiger partial charge in [0.05, 0.1) is 23.0 Å². The number of benzene rings is 3. The van der Waals surface area contributed by atoms with Crippen LogP contribution in [0.4, 0.5) is 5.69 Å². The summed E-state index contributed by atoms with van der Waals surface area (Å²) in [5.74, 6) is 0.567. The third-order valence-corrected chi connectivity index (χ3v) is 5.42. The van der Waals surface area contributed by atoms with E-state index in [1.807, 2.05) is 106 Å². The SMILES string of the molecule is CC(=Nc1ccccc1C)n1[nH]c(-c2ccccc2)c(C=NC(C)c2ccccc2)c1=O. The van der Waals surface area contributed by atoms with E-state index < -0.39 is 0 Å². The van der Waals surface area contributed by atoms with Crippen molar-refractivity contribution < 1.29 is 0 Å². The maximum Gasteiger partial charge on any atom is 0.281 e. The number of aliphatic imine (C=N–C) groups is 2. The van der Waals surface area contributed by atoms with Crippen LogP contribution < -0.4 is 5.56 Å². The van der Waals surface area contributed by atoms with E-state index >= 15 is 0 Å². The first-order chi connectivity index (χ1) is 15.5. The Balaban J connectivity index is 1.79. The highest BCUT2D eigenvalue weighted by Gasteiger charge is 2.16. The fraction of sp³-hybridized carbons (Fsp3) is 0.148. The molecular weight excluding hydrogens is 396 g/mol. The Bertz CT molecular complexity index is 1310. The molecular formula is C27H26N4O. The van der Waals surface area contributed by atoms with Crippen molar-refractivity contribution >= 4 is 17.7 Å². The molecule has 0 aliphatic rings. The number of aromatic nitrogens is 2. The van der Waals surface area contributed by atoms with E-state index in [1.165, 1.54) is 4.68 Å². The number of hydrogen-bond acceptors (Lipinski definition) is 3. The second-order valence-corrected chi connectivity index (χ2v) is 7.72. The van der Waals surface area contributed by atoms with Gasteiger partial charge >= 0.3 is 0 Å². The van der Waals surface area contributed by atoms with Crippen LogP contribution in [-0.4, -0.2) is 21.8 Å². The molecule has 3 aromatic carbocycles. The molecule has 160 valence electrons. The molecule has 5 nitrogen and oxygen atoms in total. The standard InChI is InChI=1S/C27H26N4O/c1-19-12-10-11-17-25(19)29-21(3)31-27(32)24(26(30-31)23-15-8-5-9-16-23)18-28-20(2)22-13-6-4-7-14-22/h4-18,20,30H,1-3H3. The lowest BCUT2D eigenvalue weighted by Crippen LogP contribution is -2.24. The Morgan fingerprint density at radius 3 is 2.25 bits per heavy atom. The van der Waals surface area contributed by atoms with Crippen LogP contribution in [0.2, 0.25) is 0 Å². The van der Waals surface area contributed by atoms with Gasteiger partial charge in [0.15, 0.2) is 0 Å². The van der Waals surface area contributed by atoms with Gasteiger partial charge in [-0.25, -0.2) is 9.67 Å². The molecule has 0 fully saturated rings. The number of nitrogens with one attached hydrogen (secondary N) is 1.